The Hall–Kier alpha value is -3.25. The summed E-state index contributed by atoms with van der Waals surface area (Å²) >= 11 is 0. The first kappa shape index (κ1) is 20.0. The van der Waals surface area contributed by atoms with Crippen molar-refractivity contribution in [2.75, 3.05) is 33.2 Å². The molecule has 0 unspecified atom stereocenters. The minimum atomic E-state index is -0.0502. The second-order valence-corrected chi connectivity index (χ2v) is 7.74. The number of fused-ring (bicyclic) bond motifs is 1. The van der Waals surface area contributed by atoms with Crippen molar-refractivity contribution >= 4 is 22.7 Å². The molecule has 6 heteroatoms. The number of benzene rings is 2. The molecule has 154 valence electrons. The molecule has 1 aromatic heterocycles. The lowest BCUT2D eigenvalue weighted by Gasteiger charge is -2.32. The number of aromatic nitrogens is 1. The van der Waals surface area contributed by atoms with E-state index in [9.17, 15) is 9.59 Å². The average molecular weight is 402 g/mol. The van der Waals surface area contributed by atoms with Gasteiger partial charge >= 0.3 is 0 Å². The number of likely N-dealkylation sites (N-methyl/N-ethyl adjacent to an activating group) is 1. The Morgan fingerprint density at radius 1 is 0.967 bits per heavy atom. The fraction of sp³-hybridized carbons (Fsp3) is 0.292. The molecule has 0 spiro atoms. The van der Waals surface area contributed by atoms with Gasteiger partial charge in [0.25, 0.3) is 5.91 Å². The number of hydrogen-bond donors (Lipinski definition) is 1. The molecular formula is C24H26N4O2. The highest BCUT2D eigenvalue weighted by molar-refractivity contribution is 5.94. The van der Waals surface area contributed by atoms with Gasteiger partial charge < -0.3 is 15.1 Å². The van der Waals surface area contributed by atoms with Gasteiger partial charge in [-0.15, -0.1) is 0 Å². The van der Waals surface area contributed by atoms with E-state index in [0.717, 1.165) is 48.2 Å². The molecule has 0 bridgehead atoms. The maximum absolute atomic E-state index is 12.6. The van der Waals surface area contributed by atoms with Crippen molar-refractivity contribution in [2.24, 2.45) is 0 Å². The Labute approximate surface area is 176 Å². The van der Waals surface area contributed by atoms with Crippen LogP contribution in [-0.4, -0.2) is 59.8 Å². The number of carbonyl (C=O) groups is 2. The maximum atomic E-state index is 12.6. The number of hydrogen-bond acceptors (Lipinski definition) is 4. The summed E-state index contributed by atoms with van der Waals surface area (Å²) in [5, 5.41) is 3.99. The largest absolute Gasteiger partial charge is 0.352 e. The molecule has 0 radical (unpaired) electrons. The number of piperazine rings is 1. The van der Waals surface area contributed by atoms with Gasteiger partial charge in [0.2, 0.25) is 5.91 Å². The molecule has 2 heterocycles. The number of nitrogens with zero attached hydrogens (tertiary/aromatic N) is 3. The van der Waals surface area contributed by atoms with E-state index in [1.54, 1.807) is 6.20 Å². The summed E-state index contributed by atoms with van der Waals surface area (Å²) in [5.41, 5.74) is 3.44. The summed E-state index contributed by atoms with van der Waals surface area (Å²) in [6.07, 6.45) is 2.03. The molecule has 1 aliphatic heterocycles. The monoisotopic (exact) mass is 402 g/mol. The van der Waals surface area contributed by atoms with Gasteiger partial charge in [0.05, 0.1) is 11.9 Å². The summed E-state index contributed by atoms with van der Waals surface area (Å²) in [4.78, 5) is 33.6. The van der Waals surface area contributed by atoms with Crippen LogP contribution in [0.15, 0.2) is 60.8 Å². The summed E-state index contributed by atoms with van der Waals surface area (Å²) in [5.74, 6) is 0.0212. The van der Waals surface area contributed by atoms with Crippen molar-refractivity contribution in [1.82, 2.24) is 20.1 Å². The van der Waals surface area contributed by atoms with Gasteiger partial charge in [0.15, 0.2) is 0 Å². The molecule has 2 amide bonds. The first-order chi connectivity index (χ1) is 14.6. The van der Waals surface area contributed by atoms with Crippen LogP contribution in [0.4, 0.5) is 0 Å². The lowest BCUT2D eigenvalue weighted by atomic mass is 10.1. The Kier molecular flexibility index (Phi) is 6.05. The predicted molar refractivity (Wildman–Crippen MR) is 117 cm³/mol. The highest BCUT2D eigenvalue weighted by Crippen LogP contribution is 2.16. The molecule has 3 aromatic rings. The summed E-state index contributed by atoms with van der Waals surface area (Å²) in [6.45, 7) is 3.76. The maximum Gasteiger partial charge on any atom is 0.253 e. The molecule has 0 saturated carbocycles. The Balaban J connectivity index is 1.32. The van der Waals surface area contributed by atoms with E-state index in [1.165, 1.54) is 0 Å². The molecule has 2 aromatic carbocycles. The fourth-order valence-corrected chi connectivity index (χ4v) is 3.70. The van der Waals surface area contributed by atoms with Crippen LogP contribution in [0.1, 0.15) is 21.5 Å². The van der Waals surface area contributed by atoms with Crippen LogP contribution in [0, 0.1) is 0 Å². The van der Waals surface area contributed by atoms with Crippen LogP contribution in [0.2, 0.25) is 0 Å². The minimum absolute atomic E-state index is 0.0502. The van der Waals surface area contributed by atoms with Crippen LogP contribution >= 0.6 is 0 Å². The number of nitrogens with one attached hydrogen (secondary N) is 1. The van der Waals surface area contributed by atoms with E-state index in [-0.39, 0.29) is 18.2 Å². The van der Waals surface area contributed by atoms with E-state index in [2.05, 4.69) is 22.2 Å². The molecule has 0 aliphatic carbocycles. The molecule has 1 aliphatic rings. The summed E-state index contributed by atoms with van der Waals surface area (Å²) < 4.78 is 0. The van der Waals surface area contributed by atoms with Gasteiger partial charge in [0, 0.05) is 49.9 Å². The lowest BCUT2D eigenvalue weighted by Crippen LogP contribution is -2.47. The van der Waals surface area contributed by atoms with E-state index < -0.39 is 0 Å². The number of carbonyl (C=O) groups excluding carboxylic acids is 2. The minimum Gasteiger partial charge on any atom is -0.352 e. The smallest absolute Gasteiger partial charge is 0.253 e. The first-order valence-corrected chi connectivity index (χ1v) is 10.3. The number of pyridine rings is 1. The molecule has 30 heavy (non-hydrogen) atoms. The molecule has 1 N–H and O–H groups in total. The highest BCUT2D eigenvalue weighted by atomic mass is 16.2. The van der Waals surface area contributed by atoms with Crippen LogP contribution in [-0.2, 0) is 17.8 Å². The van der Waals surface area contributed by atoms with Gasteiger partial charge in [-0.2, -0.15) is 0 Å². The van der Waals surface area contributed by atoms with Crippen molar-refractivity contribution in [3.05, 3.63) is 77.5 Å². The second kappa shape index (κ2) is 9.05. The Bertz CT molecular complexity index is 1040. The highest BCUT2D eigenvalue weighted by Gasteiger charge is 2.20. The first-order valence-electron chi connectivity index (χ1n) is 10.3. The lowest BCUT2D eigenvalue weighted by molar-refractivity contribution is -0.120. The standard InChI is InChI=1S/C24H26N4O2/c1-27-12-14-28(15-13-27)24(30)20-9-7-18(8-10-20)17-26-22(29)16-21-5-2-4-19-6-3-11-25-23(19)21/h2-11H,12-17H2,1H3,(H,26,29). The van der Waals surface area contributed by atoms with Gasteiger partial charge in [-0.05, 0) is 36.4 Å². The van der Waals surface area contributed by atoms with E-state index in [4.69, 9.17) is 0 Å². The van der Waals surface area contributed by atoms with Crippen molar-refractivity contribution in [1.29, 1.82) is 0 Å². The predicted octanol–water partition coefficient (Wildman–Crippen LogP) is 2.48. The van der Waals surface area contributed by atoms with Crippen LogP contribution < -0.4 is 5.32 Å². The zero-order valence-corrected chi connectivity index (χ0v) is 17.2. The van der Waals surface area contributed by atoms with Gasteiger partial charge in [-0.1, -0.05) is 36.4 Å². The molecule has 1 fully saturated rings. The van der Waals surface area contributed by atoms with Crippen molar-refractivity contribution < 1.29 is 9.59 Å². The molecule has 4 rings (SSSR count). The van der Waals surface area contributed by atoms with Gasteiger partial charge in [0.1, 0.15) is 0 Å². The summed E-state index contributed by atoms with van der Waals surface area (Å²) in [6, 6.07) is 17.3. The van der Waals surface area contributed by atoms with Crippen molar-refractivity contribution in [3.8, 4) is 0 Å². The SMILES string of the molecule is CN1CCN(C(=O)c2ccc(CNC(=O)Cc3cccc4cccnc34)cc2)CC1. The quantitative estimate of drug-likeness (QED) is 0.712. The third-order valence-corrected chi connectivity index (χ3v) is 5.55. The molecule has 1 saturated heterocycles. The van der Waals surface area contributed by atoms with Crippen LogP contribution in [0.5, 0.6) is 0 Å². The normalized spacial score (nSPS) is 14.6. The van der Waals surface area contributed by atoms with Crippen molar-refractivity contribution in [2.45, 2.75) is 13.0 Å². The zero-order valence-electron chi connectivity index (χ0n) is 17.2. The number of rotatable bonds is 5. The number of amides is 2. The van der Waals surface area contributed by atoms with E-state index in [1.807, 2.05) is 59.5 Å². The second-order valence-electron chi connectivity index (χ2n) is 7.74. The third kappa shape index (κ3) is 4.66. The zero-order chi connectivity index (χ0) is 20.9. The van der Waals surface area contributed by atoms with Gasteiger partial charge in [-0.3, -0.25) is 14.6 Å². The third-order valence-electron chi connectivity index (χ3n) is 5.55. The summed E-state index contributed by atoms with van der Waals surface area (Å²) in [7, 11) is 2.07. The van der Waals surface area contributed by atoms with E-state index in [0.29, 0.717) is 12.1 Å². The topological polar surface area (TPSA) is 65.5 Å². The fourth-order valence-electron chi connectivity index (χ4n) is 3.70. The molecular weight excluding hydrogens is 376 g/mol. The van der Waals surface area contributed by atoms with E-state index >= 15 is 0 Å². The average Bonchev–Trinajstić information content (AvgIpc) is 2.78. The van der Waals surface area contributed by atoms with Crippen LogP contribution in [0.3, 0.4) is 0 Å². The van der Waals surface area contributed by atoms with Gasteiger partial charge in [-0.25, -0.2) is 0 Å². The molecule has 6 nitrogen and oxygen atoms in total. The Morgan fingerprint density at radius 2 is 1.70 bits per heavy atom. The van der Waals surface area contributed by atoms with Crippen molar-refractivity contribution in [3.63, 3.8) is 0 Å². The Morgan fingerprint density at radius 3 is 2.47 bits per heavy atom. The number of para-hydroxylation sites is 1. The van der Waals surface area contributed by atoms with Crippen LogP contribution in [0.25, 0.3) is 10.9 Å². The molecule has 0 atom stereocenters.